The first-order chi connectivity index (χ1) is 9.02. The molecule has 6 nitrogen and oxygen atoms in total. The Bertz CT molecular complexity index is 441. The van der Waals surface area contributed by atoms with E-state index in [4.69, 9.17) is 0 Å². The minimum atomic E-state index is -1.46. The fraction of sp³-hybridized carbons (Fsp3) is 0.786. The van der Waals surface area contributed by atoms with Crippen molar-refractivity contribution in [1.29, 1.82) is 0 Å². The predicted octanol–water partition coefficient (Wildman–Crippen LogP) is 1.44. The molecular formula is C14H23NO5. The van der Waals surface area contributed by atoms with E-state index in [1.54, 1.807) is 34.6 Å². The van der Waals surface area contributed by atoms with Crippen molar-refractivity contribution in [2.75, 3.05) is 6.54 Å². The van der Waals surface area contributed by atoms with Gasteiger partial charge in [0, 0.05) is 12.5 Å². The van der Waals surface area contributed by atoms with E-state index in [9.17, 15) is 24.6 Å². The maximum Gasteiger partial charge on any atom is 0.329 e. The molecule has 2 N–H and O–H groups in total. The Hall–Kier alpha value is -1.59. The van der Waals surface area contributed by atoms with Crippen molar-refractivity contribution in [1.82, 2.24) is 4.90 Å². The fourth-order valence-electron chi connectivity index (χ4n) is 3.76. The Kier molecular flexibility index (Phi) is 3.91. The second-order valence-electron chi connectivity index (χ2n) is 6.56. The maximum absolute atomic E-state index is 11.9. The molecule has 1 saturated heterocycles. The van der Waals surface area contributed by atoms with Gasteiger partial charge in [0.2, 0.25) is 6.41 Å². The molecule has 0 aliphatic carbocycles. The largest absolute Gasteiger partial charge is 0.481 e. The van der Waals surface area contributed by atoms with Gasteiger partial charge in [0.1, 0.15) is 5.54 Å². The number of rotatable bonds is 4. The number of carbonyl (C=O) groups excluding carboxylic acids is 1. The van der Waals surface area contributed by atoms with Gasteiger partial charge < -0.3 is 15.1 Å². The standard InChI is InChI=1S/C14H23NO5/c1-6-14(11(19)20)9(2)13(10(17)18,12(3,4)5)7-15(14)8-16/h8-9H,6-7H2,1-5H3,(H,17,18)(H,19,20). The molecule has 0 bridgehead atoms. The summed E-state index contributed by atoms with van der Waals surface area (Å²) in [6.45, 7) is 8.52. The molecule has 1 heterocycles. The van der Waals surface area contributed by atoms with Crippen molar-refractivity contribution in [3.05, 3.63) is 0 Å². The van der Waals surface area contributed by atoms with Crippen LogP contribution in [0.3, 0.4) is 0 Å². The summed E-state index contributed by atoms with van der Waals surface area (Å²) in [6.07, 6.45) is 0.637. The van der Waals surface area contributed by atoms with Gasteiger partial charge in [-0.25, -0.2) is 4.79 Å². The summed E-state index contributed by atoms with van der Waals surface area (Å²) in [5.41, 5.74) is -3.43. The number of nitrogens with zero attached hydrogens (tertiary/aromatic N) is 1. The van der Waals surface area contributed by atoms with Crippen LogP contribution in [0.25, 0.3) is 0 Å². The van der Waals surface area contributed by atoms with E-state index in [-0.39, 0.29) is 13.0 Å². The van der Waals surface area contributed by atoms with Crippen molar-refractivity contribution in [2.45, 2.75) is 46.6 Å². The summed E-state index contributed by atoms with van der Waals surface area (Å²) in [5, 5.41) is 19.4. The number of aliphatic carboxylic acids is 2. The number of hydrogen-bond acceptors (Lipinski definition) is 3. The van der Waals surface area contributed by atoms with Crippen LogP contribution in [-0.4, -0.2) is 45.5 Å². The lowest BCUT2D eigenvalue weighted by Gasteiger charge is -2.42. The van der Waals surface area contributed by atoms with Gasteiger partial charge in [-0.1, -0.05) is 34.6 Å². The van der Waals surface area contributed by atoms with Gasteiger partial charge in [-0.3, -0.25) is 9.59 Å². The van der Waals surface area contributed by atoms with Gasteiger partial charge in [0.25, 0.3) is 0 Å². The van der Waals surface area contributed by atoms with Gasteiger partial charge >= 0.3 is 11.9 Å². The van der Waals surface area contributed by atoms with Gasteiger partial charge in [0.15, 0.2) is 0 Å². The van der Waals surface area contributed by atoms with Gasteiger partial charge in [-0.15, -0.1) is 0 Å². The molecule has 0 saturated carbocycles. The van der Waals surface area contributed by atoms with Crippen LogP contribution in [0.15, 0.2) is 0 Å². The number of likely N-dealkylation sites (tertiary alicyclic amines) is 1. The van der Waals surface area contributed by atoms with Crippen LogP contribution in [0.5, 0.6) is 0 Å². The third-order valence-electron chi connectivity index (χ3n) is 5.14. The molecular weight excluding hydrogens is 262 g/mol. The average Bonchev–Trinajstić information content (AvgIpc) is 2.59. The van der Waals surface area contributed by atoms with Crippen LogP contribution >= 0.6 is 0 Å². The van der Waals surface area contributed by atoms with Gasteiger partial charge in [-0.05, 0) is 11.8 Å². The van der Waals surface area contributed by atoms with Crippen molar-refractivity contribution in [2.24, 2.45) is 16.7 Å². The summed E-state index contributed by atoms with van der Waals surface area (Å²) < 4.78 is 0. The Balaban J connectivity index is 3.60. The third-order valence-corrected chi connectivity index (χ3v) is 5.14. The number of amides is 1. The zero-order valence-corrected chi connectivity index (χ0v) is 12.6. The minimum Gasteiger partial charge on any atom is -0.481 e. The number of carboxylic acids is 2. The zero-order chi connectivity index (χ0) is 15.9. The van der Waals surface area contributed by atoms with Gasteiger partial charge in [-0.2, -0.15) is 0 Å². The lowest BCUT2D eigenvalue weighted by atomic mass is 9.58. The van der Waals surface area contributed by atoms with Crippen LogP contribution in [-0.2, 0) is 14.4 Å². The summed E-state index contributed by atoms with van der Waals surface area (Å²) in [7, 11) is 0. The first-order valence-electron chi connectivity index (χ1n) is 6.71. The molecule has 1 amide bonds. The molecule has 1 aliphatic heterocycles. The quantitative estimate of drug-likeness (QED) is 0.762. The monoisotopic (exact) mass is 285 g/mol. The van der Waals surface area contributed by atoms with Crippen molar-refractivity contribution < 1.29 is 24.6 Å². The Morgan fingerprint density at radius 3 is 2.00 bits per heavy atom. The van der Waals surface area contributed by atoms with Crippen molar-refractivity contribution in [3.8, 4) is 0 Å². The predicted molar refractivity (Wildman–Crippen MR) is 72.1 cm³/mol. The summed E-state index contributed by atoms with van der Waals surface area (Å²) in [6, 6.07) is 0. The normalized spacial score (nSPS) is 34.0. The second kappa shape index (κ2) is 4.75. The molecule has 1 rings (SSSR count). The molecule has 3 unspecified atom stereocenters. The Labute approximate surface area is 118 Å². The highest BCUT2D eigenvalue weighted by Gasteiger charge is 2.69. The van der Waals surface area contributed by atoms with E-state index >= 15 is 0 Å². The molecule has 0 spiro atoms. The van der Waals surface area contributed by atoms with Crippen LogP contribution in [0, 0.1) is 16.7 Å². The Morgan fingerprint density at radius 2 is 1.80 bits per heavy atom. The smallest absolute Gasteiger partial charge is 0.329 e. The highest BCUT2D eigenvalue weighted by atomic mass is 16.4. The van der Waals surface area contributed by atoms with E-state index in [0.29, 0.717) is 6.41 Å². The Morgan fingerprint density at radius 1 is 1.30 bits per heavy atom. The molecule has 20 heavy (non-hydrogen) atoms. The van der Waals surface area contributed by atoms with E-state index in [0.717, 1.165) is 4.90 Å². The molecule has 0 aromatic heterocycles. The fourth-order valence-corrected chi connectivity index (χ4v) is 3.76. The topological polar surface area (TPSA) is 94.9 Å². The summed E-state index contributed by atoms with van der Waals surface area (Å²) in [4.78, 5) is 36.2. The first-order valence-corrected chi connectivity index (χ1v) is 6.71. The molecule has 3 atom stereocenters. The van der Waals surface area contributed by atoms with Crippen LogP contribution in [0.4, 0.5) is 0 Å². The second-order valence-corrected chi connectivity index (χ2v) is 6.56. The number of carbonyl (C=O) groups is 3. The van der Waals surface area contributed by atoms with E-state index in [2.05, 4.69) is 0 Å². The molecule has 1 fully saturated rings. The van der Waals surface area contributed by atoms with Crippen LogP contribution in [0.1, 0.15) is 41.0 Å². The minimum absolute atomic E-state index is 0.0867. The highest BCUT2D eigenvalue weighted by Crippen LogP contribution is 2.56. The highest BCUT2D eigenvalue weighted by molar-refractivity contribution is 5.87. The molecule has 0 aromatic carbocycles. The molecule has 0 radical (unpaired) electrons. The number of hydrogen-bond donors (Lipinski definition) is 2. The maximum atomic E-state index is 11.9. The summed E-state index contributed by atoms with van der Waals surface area (Å²) >= 11 is 0. The average molecular weight is 285 g/mol. The van der Waals surface area contributed by atoms with Gasteiger partial charge in [0.05, 0.1) is 5.41 Å². The molecule has 0 aromatic rings. The molecule has 6 heteroatoms. The van der Waals surface area contributed by atoms with Crippen LogP contribution < -0.4 is 0 Å². The van der Waals surface area contributed by atoms with E-state index in [1.165, 1.54) is 0 Å². The number of carboxylic acid groups (broad SMARTS) is 2. The first kappa shape index (κ1) is 16.5. The van der Waals surface area contributed by atoms with E-state index in [1.807, 2.05) is 0 Å². The lowest BCUT2D eigenvalue weighted by molar-refractivity contribution is -0.162. The SMILES string of the molecule is CCC1(C(=O)O)C(C)C(C(=O)O)(C(C)(C)C)CN1C=O. The summed E-state index contributed by atoms with van der Waals surface area (Å²) in [5.74, 6) is -2.90. The van der Waals surface area contributed by atoms with Crippen molar-refractivity contribution in [3.63, 3.8) is 0 Å². The zero-order valence-electron chi connectivity index (χ0n) is 12.6. The third kappa shape index (κ3) is 1.73. The van der Waals surface area contributed by atoms with Crippen molar-refractivity contribution >= 4 is 18.3 Å². The molecule has 1 aliphatic rings. The van der Waals surface area contributed by atoms with E-state index < -0.39 is 34.2 Å². The van der Waals surface area contributed by atoms with Crippen LogP contribution in [0.2, 0.25) is 0 Å². The lowest BCUT2D eigenvalue weighted by Crippen LogP contribution is -2.55. The molecule has 114 valence electrons.